The highest BCUT2D eigenvalue weighted by molar-refractivity contribution is 14.0. The molecule has 0 radical (unpaired) electrons. The summed E-state index contributed by atoms with van der Waals surface area (Å²) >= 11 is 1.64. The zero-order chi connectivity index (χ0) is 18.5. The van der Waals surface area contributed by atoms with Crippen LogP contribution in [0.15, 0.2) is 29.4 Å². The lowest BCUT2D eigenvalue weighted by molar-refractivity contribution is 0.580. The number of hydrogen-bond acceptors (Lipinski definition) is 4. The van der Waals surface area contributed by atoms with Gasteiger partial charge >= 0.3 is 0 Å². The first-order chi connectivity index (χ1) is 12.5. The zero-order valence-corrected chi connectivity index (χ0v) is 18.5. The third kappa shape index (κ3) is 6.00. The van der Waals surface area contributed by atoms with Crippen molar-refractivity contribution in [3.8, 4) is 0 Å². The third-order valence-corrected chi connectivity index (χ3v) is 5.06. The molecule has 2 heterocycles. The van der Waals surface area contributed by atoms with E-state index in [4.69, 9.17) is 0 Å². The number of aromatic nitrogens is 1. The van der Waals surface area contributed by atoms with Gasteiger partial charge in [0.05, 0.1) is 12.2 Å². The second-order valence-corrected chi connectivity index (χ2v) is 7.55. The number of nitrogens with one attached hydrogen (secondary N) is 2. The van der Waals surface area contributed by atoms with E-state index in [1.165, 1.54) is 17.0 Å². The van der Waals surface area contributed by atoms with Crippen molar-refractivity contribution in [3.05, 3.63) is 45.9 Å². The number of benzene rings is 1. The van der Waals surface area contributed by atoms with Crippen LogP contribution in [0, 0.1) is 18.6 Å². The lowest BCUT2D eigenvalue weighted by atomic mass is 10.2. The van der Waals surface area contributed by atoms with Gasteiger partial charge in [-0.15, -0.1) is 35.3 Å². The Morgan fingerprint density at radius 3 is 2.89 bits per heavy atom. The van der Waals surface area contributed by atoms with E-state index >= 15 is 0 Å². The average Bonchev–Trinajstić information content (AvgIpc) is 3.22. The van der Waals surface area contributed by atoms with Crippen LogP contribution in [0.3, 0.4) is 0 Å². The number of nitrogens with zero attached hydrogens (tertiary/aromatic N) is 3. The Hall–Kier alpha value is -1.49. The van der Waals surface area contributed by atoms with E-state index in [0.29, 0.717) is 25.3 Å². The summed E-state index contributed by atoms with van der Waals surface area (Å²) in [7, 11) is 0. The summed E-state index contributed by atoms with van der Waals surface area (Å²) in [5.41, 5.74) is 0.441. The summed E-state index contributed by atoms with van der Waals surface area (Å²) in [6.45, 7) is 6.67. The molecule has 1 unspecified atom stereocenters. The minimum Gasteiger partial charge on any atom is -0.367 e. The first kappa shape index (κ1) is 21.8. The van der Waals surface area contributed by atoms with Crippen LogP contribution >= 0.6 is 35.3 Å². The summed E-state index contributed by atoms with van der Waals surface area (Å²) < 4.78 is 27.1. The molecule has 5 nitrogen and oxygen atoms in total. The van der Waals surface area contributed by atoms with E-state index in [1.54, 1.807) is 11.3 Å². The monoisotopic (exact) mass is 507 g/mol. The Morgan fingerprint density at radius 1 is 1.41 bits per heavy atom. The Labute approximate surface area is 179 Å². The van der Waals surface area contributed by atoms with Gasteiger partial charge in [-0.2, -0.15) is 0 Å². The quantitative estimate of drug-likeness (QED) is 0.369. The zero-order valence-electron chi connectivity index (χ0n) is 15.3. The Balaban J connectivity index is 0.00000261. The van der Waals surface area contributed by atoms with Crippen molar-refractivity contribution in [3.63, 3.8) is 0 Å². The van der Waals surface area contributed by atoms with E-state index < -0.39 is 11.6 Å². The first-order valence-electron chi connectivity index (χ1n) is 8.71. The van der Waals surface area contributed by atoms with Gasteiger partial charge < -0.3 is 15.5 Å². The highest BCUT2D eigenvalue weighted by Gasteiger charge is 2.25. The van der Waals surface area contributed by atoms with Crippen LogP contribution in [0.1, 0.15) is 23.2 Å². The summed E-state index contributed by atoms with van der Waals surface area (Å²) in [6.07, 6.45) is 2.71. The predicted molar refractivity (Wildman–Crippen MR) is 117 cm³/mol. The van der Waals surface area contributed by atoms with E-state index in [2.05, 4.69) is 20.6 Å². The van der Waals surface area contributed by atoms with Gasteiger partial charge in [-0.25, -0.2) is 18.8 Å². The third-order valence-electron chi connectivity index (χ3n) is 4.17. The lowest BCUT2D eigenvalue weighted by Crippen LogP contribution is -2.44. The number of guanidine groups is 1. The van der Waals surface area contributed by atoms with Crippen LogP contribution in [0.5, 0.6) is 0 Å². The highest BCUT2D eigenvalue weighted by Crippen LogP contribution is 2.24. The molecular weight excluding hydrogens is 483 g/mol. The molecule has 1 aliphatic heterocycles. The number of halogens is 3. The second kappa shape index (κ2) is 10.2. The fraction of sp³-hybridized carbons (Fsp3) is 0.444. The van der Waals surface area contributed by atoms with Gasteiger partial charge in [0.15, 0.2) is 5.96 Å². The van der Waals surface area contributed by atoms with Gasteiger partial charge in [0.2, 0.25) is 0 Å². The molecule has 0 amide bonds. The van der Waals surface area contributed by atoms with Crippen LogP contribution in [0.4, 0.5) is 14.5 Å². The normalized spacial score (nSPS) is 17.0. The van der Waals surface area contributed by atoms with Crippen molar-refractivity contribution in [1.29, 1.82) is 0 Å². The summed E-state index contributed by atoms with van der Waals surface area (Å²) in [4.78, 5) is 12.0. The molecule has 0 bridgehead atoms. The Bertz CT molecular complexity index is 783. The summed E-state index contributed by atoms with van der Waals surface area (Å²) in [6, 6.07) is 3.87. The number of aryl methyl sites for hydroxylation is 1. The Morgan fingerprint density at radius 2 is 2.22 bits per heavy atom. The minimum atomic E-state index is -0.556. The van der Waals surface area contributed by atoms with Crippen LogP contribution in [-0.4, -0.2) is 36.6 Å². The van der Waals surface area contributed by atoms with Crippen molar-refractivity contribution >= 4 is 47.0 Å². The standard InChI is InChI=1S/C18H23F2N5S.HI/c1-3-21-18(23-10-17-22-9-12(2)26-17)24-14-6-7-25(11-14)16-5-4-13(19)8-15(16)20;/h4-5,8-9,14H,3,6-7,10-11H2,1-2H3,(H2,21,23,24);1H. The topological polar surface area (TPSA) is 52.6 Å². The van der Waals surface area contributed by atoms with Gasteiger partial charge in [-0.1, -0.05) is 0 Å². The van der Waals surface area contributed by atoms with Crippen LogP contribution in [-0.2, 0) is 6.54 Å². The van der Waals surface area contributed by atoms with E-state index in [9.17, 15) is 8.78 Å². The molecule has 0 spiro atoms. The van der Waals surface area contributed by atoms with Gasteiger partial charge in [0.1, 0.15) is 16.6 Å². The number of hydrogen-bond donors (Lipinski definition) is 2. The first-order valence-corrected chi connectivity index (χ1v) is 9.53. The molecule has 3 rings (SSSR count). The van der Waals surface area contributed by atoms with Crippen LogP contribution in [0.25, 0.3) is 0 Å². The number of rotatable bonds is 5. The summed E-state index contributed by atoms with van der Waals surface area (Å²) in [5, 5.41) is 7.61. The SMILES string of the molecule is CCNC(=NCc1ncc(C)s1)NC1CCN(c2ccc(F)cc2F)C1.I. The molecule has 1 saturated heterocycles. The smallest absolute Gasteiger partial charge is 0.191 e. The molecule has 2 aromatic rings. The van der Waals surface area contributed by atoms with Gasteiger partial charge in [0, 0.05) is 42.8 Å². The van der Waals surface area contributed by atoms with Crippen LogP contribution < -0.4 is 15.5 Å². The van der Waals surface area contributed by atoms with Gasteiger partial charge in [-0.05, 0) is 32.4 Å². The van der Waals surface area contributed by atoms with Crippen molar-refractivity contribution in [1.82, 2.24) is 15.6 Å². The maximum absolute atomic E-state index is 14.0. The number of anilines is 1. The van der Waals surface area contributed by atoms with E-state index in [-0.39, 0.29) is 30.0 Å². The Kier molecular flexibility index (Phi) is 8.21. The molecule has 9 heteroatoms. The number of aliphatic imine (C=N–C) groups is 1. The van der Waals surface area contributed by atoms with E-state index in [1.807, 2.05) is 24.9 Å². The average molecular weight is 507 g/mol. The maximum atomic E-state index is 14.0. The fourth-order valence-electron chi connectivity index (χ4n) is 2.97. The molecule has 148 valence electrons. The largest absolute Gasteiger partial charge is 0.367 e. The molecule has 0 saturated carbocycles. The lowest BCUT2D eigenvalue weighted by Gasteiger charge is -2.20. The molecule has 2 N–H and O–H groups in total. The molecule has 1 aromatic carbocycles. The van der Waals surface area contributed by atoms with Gasteiger partial charge in [0.25, 0.3) is 0 Å². The second-order valence-electron chi connectivity index (χ2n) is 6.23. The molecule has 0 aliphatic carbocycles. The fourth-order valence-corrected chi connectivity index (χ4v) is 3.68. The molecular formula is C18H24F2IN5S. The van der Waals surface area contributed by atoms with Crippen LogP contribution in [0.2, 0.25) is 0 Å². The van der Waals surface area contributed by atoms with Crippen molar-refractivity contribution in [2.45, 2.75) is 32.9 Å². The van der Waals surface area contributed by atoms with Gasteiger partial charge in [-0.3, -0.25) is 0 Å². The summed E-state index contributed by atoms with van der Waals surface area (Å²) in [5.74, 6) is -0.351. The van der Waals surface area contributed by atoms with Crippen molar-refractivity contribution < 1.29 is 8.78 Å². The predicted octanol–water partition coefficient (Wildman–Crippen LogP) is 3.68. The van der Waals surface area contributed by atoms with Crippen molar-refractivity contribution in [2.24, 2.45) is 4.99 Å². The molecule has 1 fully saturated rings. The highest BCUT2D eigenvalue weighted by atomic mass is 127. The molecule has 1 aromatic heterocycles. The minimum absolute atomic E-state index is 0. The molecule has 27 heavy (non-hydrogen) atoms. The number of thiazole rings is 1. The molecule has 1 atom stereocenters. The van der Waals surface area contributed by atoms with E-state index in [0.717, 1.165) is 30.0 Å². The maximum Gasteiger partial charge on any atom is 0.191 e. The molecule has 1 aliphatic rings. The van der Waals surface area contributed by atoms with Crippen molar-refractivity contribution in [2.75, 3.05) is 24.5 Å².